The van der Waals surface area contributed by atoms with Gasteiger partial charge in [0.1, 0.15) is 12.4 Å². The van der Waals surface area contributed by atoms with Crippen LogP contribution in [-0.4, -0.2) is 53.8 Å². The Balaban J connectivity index is 1.33. The highest BCUT2D eigenvalue weighted by Crippen LogP contribution is 2.25. The maximum atomic E-state index is 8.85. The minimum atomic E-state index is 0.0535. The standard InChI is InChI=1S/C23H30N2O2/c26-14-15-27-23-9-7-19(8-10-23)16-24-12-3-6-22(18-24)25-13-11-20-4-1-2-5-21(20)17-25/h1-2,4-5,7-10,22,26H,3,6,11-18H2. The van der Waals surface area contributed by atoms with Gasteiger partial charge in [0, 0.05) is 32.2 Å². The summed E-state index contributed by atoms with van der Waals surface area (Å²) in [6.07, 6.45) is 3.77. The number of ether oxygens (including phenoxy) is 1. The van der Waals surface area contributed by atoms with Gasteiger partial charge >= 0.3 is 0 Å². The Hall–Kier alpha value is -1.88. The molecule has 0 spiro atoms. The van der Waals surface area contributed by atoms with Crippen LogP contribution in [-0.2, 0) is 19.5 Å². The summed E-state index contributed by atoms with van der Waals surface area (Å²) in [6.45, 7) is 6.04. The van der Waals surface area contributed by atoms with E-state index in [9.17, 15) is 0 Å². The van der Waals surface area contributed by atoms with E-state index in [0.717, 1.165) is 25.4 Å². The molecule has 0 saturated carbocycles. The van der Waals surface area contributed by atoms with E-state index in [1.807, 2.05) is 12.1 Å². The van der Waals surface area contributed by atoms with Gasteiger partial charge in [-0.3, -0.25) is 9.80 Å². The molecule has 2 aromatic carbocycles. The van der Waals surface area contributed by atoms with Crippen LogP contribution in [0.15, 0.2) is 48.5 Å². The number of benzene rings is 2. The van der Waals surface area contributed by atoms with Crippen molar-refractivity contribution in [1.82, 2.24) is 9.80 Å². The minimum Gasteiger partial charge on any atom is -0.491 e. The number of piperidine rings is 1. The van der Waals surface area contributed by atoms with Crippen LogP contribution in [0.25, 0.3) is 0 Å². The van der Waals surface area contributed by atoms with E-state index in [2.05, 4.69) is 46.2 Å². The highest BCUT2D eigenvalue weighted by Gasteiger charge is 2.27. The van der Waals surface area contributed by atoms with Crippen LogP contribution in [0, 0.1) is 0 Å². The molecule has 144 valence electrons. The SMILES string of the molecule is OCCOc1ccc(CN2CCCC(N3CCc4ccccc4C3)C2)cc1. The van der Waals surface area contributed by atoms with E-state index in [1.165, 1.54) is 49.0 Å². The Bertz CT molecular complexity index is 731. The summed E-state index contributed by atoms with van der Waals surface area (Å²) in [7, 11) is 0. The predicted molar refractivity (Wildman–Crippen MR) is 108 cm³/mol. The first-order valence-corrected chi connectivity index (χ1v) is 10.2. The van der Waals surface area contributed by atoms with E-state index in [0.29, 0.717) is 12.6 Å². The van der Waals surface area contributed by atoms with Gasteiger partial charge < -0.3 is 9.84 Å². The lowest BCUT2D eigenvalue weighted by Crippen LogP contribution is -2.49. The summed E-state index contributed by atoms with van der Waals surface area (Å²) in [5.41, 5.74) is 4.38. The van der Waals surface area contributed by atoms with Crippen LogP contribution in [0.3, 0.4) is 0 Å². The van der Waals surface area contributed by atoms with Gasteiger partial charge in [-0.05, 0) is 54.6 Å². The first-order valence-electron chi connectivity index (χ1n) is 10.2. The zero-order valence-electron chi connectivity index (χ0n) is 16.0. The zero-order chi connectivity index (χ0) is 18.5. The van der Waals surface area contributed by atoms with E-state index in [4.69, 9.17) is 9.84 Å². The number of rotatable bonds is 6. The molecule has 1 atom stereocenters. The quantitative estimate of drug-likeness (QED) is 0.852. The second kappa shape index (κ2) is 8.87. The third kappa shape index (κ3) is 4.70. The highest BCUT2D eigenvalue weighted by molar-refractivity contribution is 5.29. The largest absolute Gasteiger partial charge is 0.491 e. The summed E-state index contributed by atoms with van der Waals surface area (Å²) in [4.78, 5) is 5.29. The Labute approximate surface area is 162 Å². The van der Waals surface area contributed by atoms with Gasteiger partial charge in [-0.15, -0.1) is 0 Å². The molecule has 1 saturated heterocycles. The van der Waals surface area contributed by atoms with Crippen LogP contribution in [0.2, 0.25) is 0 Å². The third-order valence-electron chi connectivity index (χ3n) is 5.85. The number of fused-ring (bicyclic) bond motifs is 1. The molecule has 1 fully saturated rings. The molecule has 0 aromatic heterocycles. The van der Waals surface area contributed by atoms with Crippen LogP contribution >= 0.6 is 0 Å². The van der Waals surface area contributed by atoms with Crippen LogP contribution in [0.1, 0.15) is 29.5 Å². The zero-order valence-corrected chi connectivity index (χ0v) is 16.0. The maximum absolute atomic E-state index is 8.85. The molecular formula is C23H30N2O2. The first kappa shape index (κ1) is 18.5. The Morgan fingerprint density at radius 3 is 2.63 bits per heavy atom. The summed E-state index contributed by atoms with van der Waals surface area (Å²) in [5.74, 6) is 0.830. The molecule has 1 N–H and O–H groups in total. The Morgan fingerprint density at radius 1 is 1.00 bits per heavy atom. The predicted octanol–water partition coefficient (Wildman–Crippen LogP) is 3.08. The van der Waals surface area contributed by atoms with Gasteiger partial charge in [0.05, 0.1) is 6.61 Å². The summed E-state index contributed by atoms with van der Waals surface area (Å²) in [6, 6.07) is 17.9. The fraction of sp³-hybridized carbons (Fsp3) is 0.478. The average Bonchev–Trinajstić information content (AvgIpc) is 2.73. The molecule has 27 heavy (non-hydrogen) atoms. The average molecular weight is 367 g/mol. The van der Waals surface area contributed by atoms with E-state index < -0.39 is 0 Å². The lowest BCUT2D eigenvalue weighted by Gasteiger charge is -2.41. The normalized spacial score (nSPS) is 21.0. The minimum absolute atomic E-state index is 0.0535. The molecule has 2 heterocycles. The van der Waals surface area contributed by atoms with E-state index in [-0.39, 0.29) is 6.61 Å². The Kier molecular flexibility index (Phi) is 6.07. The molecule has 4 rings (SSSR count). The first-order chi connectivity index (χ1) is 13.3. The smallest absolute Gasteiger partial charge is 0.119 e. The monoisotopic (exact) mass is 366 g/mol. The van der Waals surface area contributed by atoms with Gasteiger partial charge in [0.15, 0.2) is 0 Å². The van der Waals surface area contributed by atoms with Crippen LogP contribution < -0.4 is 4.74 Å². The second-order valence-corrected chi connectivity index (χ2v) is 7.74. The van der Waals surface area contributed by atoms with Crippen molar-refractivity contribution in [3.63, 3.8) is 0 Å². The lowest BCUT2D eigenvalue weighted by atomic mass is 9.96. The van der Waals surface area contributed by atoms with Crippen LogP contribution in [0.5, 0.6) is 5.75 Å². The lowest BCUT2D eigenvalue weighted by molar-refractivity contribution is 0.0838. The summed E-state index contributed by atoms with van der Waals surface area (Å²) >= 11 is 0. The molecule has 2 aromatic rings. The van der Waals surface area contributed by atoms with Crippen molar-refractivity contribution in [3.05, 3.63) is 65.2 Å². The second-order valence-electron chi connectivity index (χ2n) is 7.74. The molecule has 0 bridgehead atoms. The number of aliphatic hydroxyl groups is 1. The van der Waals surface area contributed by atoms with Gasteiger partial charge in [0.2, 0.25) is 0 Å². The van der Waals surface area contributed by atoms with Crippen molar-refractivity contribution < 1.29 is 9.84 Å². The molecule has 4 nitrogen and oxygen atoms in total. The van der Waals surface area contributed by atoms with Crippen molar-refractivity contribution in [2.24, 2.45) is 0 Å². The Morgan fingerprint density at radius 2 is 1.81 bits per heavy atom. The van der Waals surface area contributed by atoms with E-state index >= 15 is 0 Å². The number of aliphatic hydroxyl groups excluding tert-OH is 1. The van der Waals surface area contributed by atoms with Crippen molar-refractivity contribution in [2.45, 2.75) is 38.4 Å². The maximum Gasteiger partial charge on any atom is 0.119 e. The van der Waals surface area contributed by atoms with Gasteiger partial charge in [-0.1, -0.05) is 36.4 Å². The molecular weight excluding hydrogens is 336 g/mol. The van der Waals surface area contributed by atoms with Crippen LogP contribution in [0.4, 0.5) is 0 Å². The number of likely N-dealkylation sites (tertiary alicyclic amines) is 1. The fourth-order valence-electron chi connectivity index (χ4n) is 4.41. The number of hydrogen-bond donors (Lipinski definition) is 1. The number of hydrogen-bond acceptors (Lipinski definition) is 4. The summed E-state index contributed by atoms with van der Waals surface area (Å²) < 4.78 is 5.45. The summed E-state index contributed by atoms with van der Waals surface area (Å²) in [5, 5.41) is 8.85. The van der Waals surface area contributed by atoms with Crippen molar-refractivity contribution in [3.8, 4) is 5.75 Å². The van der Waals surface area contributed by atoms with Gasteiger partial charge in [0.25, 0.3) is 0 Å². The topological polar surface area (TPSA) is 35.9 Å². The molecule has 2 aliphatic rings. The van der Waals surface area contributed by atoms with Gasteiger partial charge in [-0.2, -0.15) is 0 Å². The molecule has 2 aliphatic heterocycles. The van der Waals surface area contributed by atoms with Crippen molar-refractivity contribution in [2.75, 3.05) is 32.8 Å². The fourth-order valence-corrected chi connectivity index (χ4v) is 4.41. The molecule has 0 aliphatic carbocycles. The molecule has 0 radical (unpaired) electrons. The highest BCUT2D eigenvalue weighted by atomic mass is 16.5. The molecule has 4 heteroatoms. The van der Waals surface area contributed by atoms with Gasteiger partial charge in [-0.25, -0.2) is 0 Å². The van der Waals surface area contributed by atoms with Crippen molar-refractivity contribution >= 4 is 0 Å². The number of nitrogens with zero attached hydrogens (tertiary/aromatic N) is 2. The van der Waals surface area contributed by atoms with Crippen molar-refractivity contribution in [1.29, 1.82) is 0 Å². The third-order valence-corrected chi connectivity index (χ3v) is 5.85. The molecule has 1 unspecified atom stereocenters. The molecule has 0 amide bonds. The van der Waals surface area contributed by atoms with E-state index in [1.54, 1.807) is 0 Å².